The number of nitrogens with one attached hydrogen (secondary N) is 1. The SMILES string of the molecule is CCN(CC)S(=O)(=O)c1ccc(OCC(=O)Nc2cc(S(=O)(=O)N(C)C)ccc2C)cc1. The quantitative estimate of drug-likeness (QED) is 0.555. The van der Waals surface area contributed by atoms with Gasteiger partial charge in [-0.3, -0.25) is 4.79 Å². The number of amides is 1. The van der Waals surface area contributed by atoms with Crippen LogP contribution in [-0.4, -0.2) is 65.1 Å². The summed E-state index contributed by atoms with van der Waals surface area (Å²) in [6.45, 7) is 5.69. The summed E-state index contributed by atoms with van der Waals surface area (Å²) in [6.07, 6.45) is 0. The zero-order chi connectivity index (χ0) is 24.1. The van der Waals surface area contributed by atoms with E-state index >= 15 is 0 Å². The number of benzene rings is 2. The van der Waals surface area contributed by atoms with Crippen molar-refractivity contribution < 1.29 is 26.4 Å². The first-order valence-electron chi connectivity index (χ1n) is 9.99. The number of anilines is 1. The number of hydrogen-bond donors (Lipinski definition) is 1. The molecule has 1 N–H and O–H groups in total. The molecule has 0 radical (unpaired) electrons. The maximum absolute atomic E-state index is 12.5. The predicted octanol–water partition coefficient (Wildman–Crippen LogP) is 2.29. The number of rotatable bonds is 10. The van der Waals surface area contributed by atoms with Crippen molar-refractivity contribution in [2.24, 2.45) is 0 Å². The van der Waals surface area contributed by atoms with Gasteiger partial charge in [0.2, 0.25) is 20.0 Å². The predicted molar refractivity (Wildman–Crippen MR) is 123 cm³/mol. The topological polar surface area (TPSA) is 113 Å². The van der Waals surface area contributed by atoms with Crippen molar-refractivity contribution in [3.8, 4) is 5.75 Å². The highest BCUT2D eigenvalue weighted by molar-refractivity contribution is 7.89. The first-order valence-corrected chi connectivity index (χ1v) is 12.9. The third kappa shape index (κ3) is 5.85. The first kappa shape index (κ1) is 25.8. The smallest absolute Gasteiger partial charge is 0.262 e. The van der Waals surface area contributed by atoms with Gasteiger partial charge < -0.3 is 10.1 Å². The molecule has 32 heavy (non-hydrogen) atoms. The molecule has 2 rings (SSSR count). The fourth-order valence-electron chi connectivity index (χ4n) is 2.86. The van der Waals surface area contributed by atoms with Gasteiger partial charge in [0.15, 0.2) is 6.61 Å². The molecule has 2 aromatic carbocycles. The largest absolute Gasteiger partial charge is 0.484 e. The molecule has 9 nitrogen and oxygen atoms in total. The zero-order valence-electron chi connectivity index (χ0n) is 18.8. The summed E-state index contributed by atoms with van der Waals surface area (Å²) in [5, 5.41) is 2.65. The van der Waals surface area contributed by atoms with E-state index in [-0.39, 0.29) is 16.4 Å². The summed E-state index contributed by atoms with van der Waals surface area (Å²) in [6, 6.07) is 10.3. The number of ether oxygens (including phenoxy) is 1. The van der Waals surface area contributed by atoms with E-state index in [4.69, 9.17) is 4.74 Å². The van der Waals surface area contributed by atoms with Gasteiger partial charge in [-0.25, -0.2) is 21.1 Å². The molecule has 0 aliphatic carbocycles. The molecule has 0 bridgehead atoms. The van der Waals surface area contributed by atoms with Crippen LogP contribution in [0.3, 0.4) is 0 Å². The minimum absolute atomic E-state index is 0.0642. The van der Waals surface area contributed by atoms with Crippen LogP contribution in [0.2, 0.25) is 0 Å². The standard InChI is InChI=1S/C21H29N3O6S2/c1-6-24(7-2)32(28,29)18-12-9-17(10-13-18)30-15-21(25)22-20-14-19(11-8-16(20)3)31(26,27)23(4)5/h8-14H,6-7,15H2,1-5H3,(H,22,25). The second-order valence-corrected chi connectivity index (χ2v) is 11.3. The van der Waals surface area contributed by atoms with Gasteiger partial charge in [0.05, 0.1) is 9.79 Å². The third-order valence-corrected chi connectivity index (χ3v) is 8.67. The number of sulfonamides is 2. The summed E-state index contributed by atoms with van der Waals surface area (Å²) in [5.74, 6) is -0.147. The Balaban J connectivity index is 2.07. The van der Waals surface area contributed by atoms with Gasteiger partial charge in [-0.15, -0.1) is 0 Å². The Morgan fingerprint density at radius 1 is 0.906 bits per heavy atom. The molecule has 0 saturated carbocycles. The maximum Gasteiger partial charge on any atom is 0.262 e. The van der Waals surface area contributed by atoms with Gasteiger partial charge >= 0.3 is 0 Å². The molecule has 0 aromatic heterocycles. The van der Waals surface area contributed by atoms with Crippen molar-refractivity contribution in [3.05, 3.63) is 48.0 Å². The van der Waals surface area contributed by atoms with Crippen LogP contribution in [0.1, 0.15) is 19.4 Å². The van der Waals surface area contributed by atoms with Crippen molar-refractivity contribution in [3.63, 3.8) is 0 Å². The van der Waals surface area contributed by atoms with Crippen LogP contribution in [0.5, 0.6) is 5.75 Å². The van der Waals surface area contributed by atoms with Crippen LogP contribution in [0, 0.1) is 6.92 Å². The Bertz CT molecular complexity index is 1160. The van der Waals surface area contributed by atoms with Crippen molar-refractivity contribution in [2.45, 2.75) is 30.6 Å². The molecule has 0 unspecified atom stereocenters. The van der Waals surface area contributed by atoms with Crippen LogP contribution < -0.4 is 10.1 Å². The summed E-state index contributed by atoms with van der Waals surface area (Å²) in [4.78, 5) is 12.5. The molecule has 1 amide bonds. The van der Waals surface area contributed by atoms with Gasteiger partial charge in [-0.05, 0) is 48.9 Å². The van der Waals surface area contributed by atoms with Crippen molar-refractivity contribution in [2.75, 3.05) is 39.1 Å². The Morgan fingerprint density at radius 2 is 1.47 bits per heavy atom. The third-order valence-electron chi connectivity index (χ3n) is 4.80. The lowest BCUT2D eigenvalue weighted by Crippen LogP contribution is -2.30. The van der Waals surface area contributed by atoms with Crippen LogP contribution >= 0.6 is 0 Å². The second kappa shape index (κ2) is 10.4. The number of nitrogens with zero attached hydrogens (tertiary/aromatic N) is 2. The van der Waals surface area contributed by atoms with E-state index in [9.17, 15) is 21.6 Å². The number of carbonyl (C=O) groups is 1. The van der Waals surface area contributed by atoms with E-state index < -0.39 is 26.0 Å². The molecule has 176 valence electrons. The average molecular weight is 484 g/mol. The van der Waals surface area contributed by atoms with E-state index in [1.165, 1.54) is 54.8 Å². The Morgan fingerprint density at radius 3 is 2.00 bits per heavy atom. The Hall–Kier alpha value is -2.47. The fourth-order valence-corrected chi connectivity index (χ4v) is 5.25. The maximum atomic E-state index is 12.5. The second-order valence-electron chi connectivity index (χ2n) is 7.16. The normalized spacial score (nSPS) is 12.2. The highest BCUT2D eigenvalue weighted by Crippen LogP contribution is 2.23. The van der Waals surface area contributed by atoms with Gasteiger partial charge in [-0.1, -0.05) is 19.9 Å². The van der Waals surface area contributed by atoms with Gasteiger partial charge in [-0.2, -0.15) is 4.31 Å². The molecular weight excluding hydrogens is 454 g/mol. The van der Waals surface area contributed by atoms with Crippen LogP contribution in [0.4, 0.5) is 5.69 Å². The van der Waals surface area contributed by atoms with Crippen molar-refractivity contribution in [1.29, 1.82) is 0 Å². The van der Waals surface area contributed by atoms with Crippen molar-refractivity contribution >= 4 is 31.6 Å². The van der Waals surface area contributed by atoms with Gasteiger partial charge in [0.1, 0.15) is 5.75 Å². The van der Waals surface area contributed by atoms with Crippen LogP contribution in [0.25, 0.3) is 0 Å². The first-order chi connectivity index (χ1) is 14.9. The Kier molecular flexibility index (Phi) is 8.41. The lowest BCUT2D eigenvalue weighted by atomic mass is 10.2. The van der Waals surface area contributed by atoms with Crippen LogP contribution in [0.15, 0.2) is 52.3 Å². The fraction of sp³-hybridized carbons (Fsp3) is 0.381. The number of carbonyl (C=O) groups excluding carboxylic acids is 1. The molecule has 0 spiro atoms. The summed E-state index contributed by atoms with van der Waals surface area (Å²) >= 11 is 0. The molecule has 0 atom stereocenters. The summed E-state index contributed by atoms with van der Waals surface area (Å²) < 4.78 is 57.6. The molecule has 0 fully saturated rings. The molecule has 0 aliphatic heterocycles. The van der Waals surface area contributed by atoms with Crippen molar-refractivity contribution in [1.82, 2.24) is 8.61 Å². The number of aryl methyl sites for hydroxylation is 1. The monoisotopic (exact) mass is 483 g/mol. The lowest BCUT2D eigenvalue weighted by molar-refractivity contribution is -0.118. The number of hydrogen-bond acceptors (Lipinski definition) is 6. The molecular formula is C21H29N3O6S2. The highest BCUT2D eigenvalue weighted by atomic mass is 32.2. The van der Waals surface area contributed by atoms with E-state index in [1.807, 2.05) is 0 Å². The van der Waals surface area contributed by atoms with Gasteiger partial charge in [0.25, 0.3) is 5.91 Å². The van der Waals surface area contributed by atoms with E-state index in [0.29, 0.717) is 30.1 Å². The van der Waals surface area contributed by atoms with E-state index in [2.05, 4.69) is 5.32 Å². The summed E-state index contributed by atoms with van der Waals surface area (Å²) in [7, 11) is -4.35. The lowest BCUT2D eigenvalue weighted by Gasteiger charge is -2.18. The minimum atomic E-state index is -3.64. The molecule has 11 heteroatoms. The van der Waals surface area contributed by atoms with E-state index in [1.54, 1.807) is 26.8 Å². The Labute approximate surface area is 190 Å². The van der Waals surface area contributed by atoms with Gasteiger partial charge in [0, 0.05) is 32.9 Å². The molecule has 0 heterocycles. The molecule has 0 saturated heterocycles. The highest BCUT2D eigenvalue weighted by Gasteiger charge is 2.21. The van der Waals surface area contributed by atoms with Crippen LogP contribution in [-0.2, 0) is 24.8 Å². The zero-order valence-corrected chi connectivity index (χ0v) is 20.5. The molecule has 0 aliphatic rings. The minimum Gasteiger partial charge on any atom is -0.484 e. The molecule has 2 aromatic rings. The average Bonchev–Trinajstić information content (AvgIpc) is 2.74. The summed E-state index contributed by atoms with van der Waals surface area (Å²) in [5.41, 5.74) is 1.06. The van der Waals surface area contributed by atoms with E-state index in [0.717, 1.165) is 4.31 Å².